The fourth-order valence-corrected chi connectivity index (χ4v) is 2.60. The van der Waals surface area contributed by atoms with Crippen LogP contribution in [0.1, 0.15) is 17.2 Å². The van der Waals surface area contributed by atoms with Crippen LogP contribution in [-0.4, -0.2) is 24.7 Å². The molecule has 1 aliphatic heterocycles. The van der Waals surface area contributed by atoms with Crippen molar-refractivity contribution in [2.45, 2.75) is 13.0 Å². The smallest absolute Gasteiger partial charge is 0.131 e. The summed E-state index contributed by atoms with van der Waals surface area (Å²) in [6, 6.07) is 10.3. The molecule has 1 aromatic carbocycles. The quantitative estimate of drug-likeness (QED) is 0.891. The van der Waals surface area contributed by atoms with E-state index in [1.807, 2.05) is 19.2 Å². The summed E-state index contributed by atoms with van der Waals surface area (Å²) in [6.07, 6.45) is 2.00. The van der Waals surface area contributed by atoms with Gasteiger partial charge in [-0.2, -0.15) is 0 Å². The lowest BCUT2D eigenvalue weighted by Crippen LogP contribution is -2.33. The molecule has 1 atom stereocenters. The molecule has 1 saturated heterocycles. The number of pyridine rings is 1. The molecule has 21 heavy (non-hydrogen) atoms. The number of morpholine rings is 1. The van der Waals surface area contributed by atoms with Gasteiger partial charge in [-0.25, -0.2) is 4.98 Å². The predicted octanol–water partition coefficient (Wildman–Crippen LogP) is 3.56. The van der Waals surface area contributed by atoms with Gasteiger partial charge in [0, 0.05) is 29.4 Å². The number of halogens is 1. The van der Waals surface area contributed by atoms with Crippen molar-refractivity contribution in [3.05, 3.63) is 52.1 Å². The van der Waals surface area contributed by atoms with Crippen LogP contribution in [0.5, 0.6) is 0 Å². The average molecular weight is 348 g/mol. The molecular formula is C16H18BrN3O. The van der Waals surface area contributed by atoms with E-state index in [9.17, 15) is 0 Å². The Kier molecular flexibility index (Phi) is 4.53. The molecule has 1 fully saturated rings. The molecule has 0 aliphatic carbocycles. The van der Waals surface area contributed by atoms with Crippen molar-refractivity contribution in [3.8, 4) is 0 Å². The highest BCUT2D eigenvalue weighted by molar-refractivity contribution is 9.10. The number of aryl methyl sites for hydroxylation is 1. The summed E-state index contributed by atoms with van der Waals surface area (Å²) in [6.45, 7) is 4.60. The van der Waals surface area contributed by atoms with Crippen LogP contribution < -0.4 is 10.6 Å². The van der Waals surface area contributed by atoms with Gasteiger partial charge in [-0.1, -0.05) is 28.1 Å². The molecule has 1 unspecified atom stereocenters. The van der Waals surface area contributed by atoms with Crippen molar-refractivity contribution in [2.24, 2.45) is 0 Å². The van der Waals surface area contributed by atoms with E-state index in [1.54, 1.807) is 0 Å². The number of hydrogen-bond donors (Lipinski definition) is 2. The topological polar surface area (TPSA) is 46.2 Å². The van der Waals surface area contributed by atoms with Gasteiger partial charge in [-0.05, 0) is 36.2 Å². The summed E-state index contributed by atoms with van der Waals surface area (Å²) < 4.78 is 6.80. The van der Waals surface area contributed by atoms with E-state index in [-0.39, 0.29) is 6.10 Å². The Morgan fingerprint density at radius 3 is 2.81 bits per heavy atom. The van der Waals surface area contributed by atoms with Crippen LogP contribution >= 0.6 is 15.9 Å². The average Bonchev–Trinajstić information content (AvgIpc) is 2.53. The van der Waals surface area contributed by atoms with Gasteiger partial charge >= 0.3 is 0 Å². The first-order chi connectivity index (χ1) is 10.2. The van der Waals surface area contributed by atoms with Crippen molar-refractivity contribution in [1.29, 1.82) is 0 Å². The molecule has 2 aromatic rings. The van der Waals surface area contributed by atoms with Gasteiger partial charge in [-0.15, -0.1) is 0 Å². The first-order valence-electron chi connectivity index (χ1n) is 7.04. The van der Waals surface area contributed by atoms with E-state index in [0.717, 1.165) is 41.2 Å². The molecular weight excluding hydrogens is 330 g/mol. The minimum absolute atomic E-state index is 0.152. The number of hydrogen-bond acceptors (Lipinski definition) is 4. The summed E-state index contributed by atoms with van der Waals surface area (Å²) in [5.41, 5.74) is 3.34. The van der Waals surface area contributed by atoms with Crippen molar-refractivity contribution in [2.75, 3.05) is 25.0 Å². The second-order valence-corrected chi connectivity index (χ2v) is 5.98. The number of ether oxygens (including phenoxy) is 1. The SMILES string of the molecule is Cc1cnc(Nc2ccc(C3CNCCO3)cc2)cc1Br. The number of rotatable bonds is 3. The lowest BCUT2D eigenvalue weighted by atomic mass is 10.1. The third-order valence-electron chi connectivity index (χ3n) is 3.52. The second-order valence-electron chi connectivity index (χ2n) is 5.13. The van der Waals surface area contributed by atoms with Crippen LogP contribution in [-0.2, 0) is 4.74 Å². The molecule has 3 rings (SSSR count). The van der Waals surface area contributed by atoms with Crippen LogP contribution in [0.4, 0.5) is 11.5 Å². The molecule has 1 aromatic heterocycles. The standard InChI is InChI=1S/C16H18BrN3O/c1-11-9-19-16(8-14(11)17)20-13-4-2-12(3-5-13)15-10-18-6-7-21-15/h2-5,8-9,15,18H,6-7,10H2,1H3,(H,19,20). The summed E-state index contributed by atoms with van der Waals surface area (Å²) in [7, 11) is 0. The number of benzene rings is 1. The summed E-state index contributed by atoms with van der Waals surface area (Å²) in [5.74, 6) is 0.829. The van der Waals surface area contributed by atoms with Gasteiger partial charge in [0.25, 0.3) is 0 Å². The van der Waals surface area contributed by atoms with Crippen LogP contribution in [0.3, 0.4) is 0 Å². The Morgan fingerprint density at radius 2 is 2.14 bits per heavy atom. The van der Waals surface area contributed by atoms with Crippen LogP contribution in [0, 0.1) is 6.92 Å². The highest BCUT2D eigenvalue weighted by atomic mass is 79.9. The maximum Gasteiger partial charge on any atom is 0.131 e. The van der Waals surface area contributed by atoms with Gasteiger partial charge in [0.05, 0.1) is 12.7 Å². The summed E-state index contributed by atoms with van der Waals surface area (Å²) in [4.78, 5) is 4.37. The molecule has 0 spiro atoms. The molecule has 1 aliphatic rings. The number of nitrogens with one attached hydrogen (secondary N) is 2. The number of aromatic nitrogens is 1. The molecule has 0 amide bonds. The molecule has 2 N–H and O–H groups in total. The van der Waals surface area contributed by atoms with Crippen molar-refractivity contribution >= 4 is 27.4 Å². The summed E-state index contributed by atoms with van der Waals surface area (Å²) >= 11 is 3.52. The first kappa shape index (κ1) is 14.5. The first-order valence-corrected chi connectivity index (χ1v) is 7.83. The third-order valence-corrected chi connectivity index (χ3v) is 4.37. The van der Waals surface area contributed by atoms with Crippen LogP contribution in [0.2, 0.25) is 0 Å². The molecule has 5 heteroatoms. The molecule has 4 nitrogen and oxygen atoms in total. The summed E-state index contributed by atoms with van der Waals surface area (Å²) in [5, 5.41) is 6.65. The minimum atomic E-state index is 0.152. The largest absolute Gasteiger partial charge is 0.371 e. The number of anilines is 2. The highest BCUT2D eigenvalue weighted by Gasteiger charge is 2.15. The van der Waals surface area contributed by atoms with E-state index in [4.69, 9.17) is 4.74 Å². The molecule has 0 radical (unpaired) electrons. The van der Waals surface area contributed by atoms with Crippen molar-refractivity contribution < 1.29 is 4.74 Å². The van der Waals surface area contributed by atoms with E-state index in [1.165, 1.54) is 5.56 Å². The number of nitrogens with zero attached hydrogens (tertiary/aromatic N) is 1. The monoisotopic (exact) mass is 347 g/mol. The lowest BCUT2D eigenvalue weighted by molar-refractivity contribution is 0.0277. The van der Waals surface area contributed by atoms with E-state index < -0.39 is 0 Å². The Hall–Kier alpha value is -1.43. The zero-order valence-electron chi connectivity index (χ0n) is 11.9. The van der Waals surface area contributed by atoms with Crippen LogP contribution in [0.25, 0.3) is 0 Å². The highest BCUT2D eigenvalue weighted by Crippen LogP contribution is 2.24. The Morgan fingerprint density at radius 1 is 1.33 bits per heavy atom. The van der Waals surface area contributed by atoms with E-state index in [0.29, 0.717) is 0 Å². The molecule has 0 bridgehead atoms. The lowest BCUT2D eigenvalue weighted by Gasteiger charge is -2.24. The molecule has 0 saturated carbocycles. The van der Waals surface area contributed by atoms with Gasteiger partial charge in [0.2, 0.25) is 0 Å². The van der Waals surface area contributed by atoms with Gasteiger partial charge in [0.1, 0.15) is 5.82 Å². The Labute approximate surface area is 133 Å². The van der Waals surface area contributed by atoms with Crippen molar-refractivity contribution in [3.63, 3.8) is 0 Å². The third kappa shape index (κ3) is 3.61. The fourth-order valence-electron chi connectivity index (χ4n) is 2.28. The Bertz CT molecular complexity index is 609. The Balaban J connectivity index is 1.70. The van der Waals surface area contributed by atoms with E-state index in [2.05, 4.69) is 55.8 Å². The molecule has 110 valence electrons. The maximum atomic E-state index is 5.75. The molecule has 2 heterocycles. The van der Waals surface area contributed by atoms with Gasteiger partial charge in [-0.3, -0.25) is 0 Å². The predicted molar refractivity (Wildman–Crippen MR) is 88.0 cm³/mol. The normalized spacial score (nSPS) is 18.5. The zero-order chi connectivity index (χ0) is 14.7. The fraction of sp³-hybridized carbons (Fsp3) is 0.312. The zero-order valence-corrected chi connectivity index (χ0v) is 13.5. The maximum absolute atomic E-state index is 5.75. The van der Waals surface area contributed by atoms with Gasteiger partial charge < -0.3 is 15.4 Å². The minimum Gasteiger partial charge on any atom is -0.371 e. The van der Waals surface area contributed by atoms with E-state index >= 15 is 0 Å². The second kappa shape index (κ2) is 6.56. The van der Waals surface area contributed by atoms with Gasteiger partial charge in [0.15, 0.2) is 0 Å². The van der Waals surface area contributed by atoms with Crippen LogP contribution in [0.15, 0.2) is 41.0 Å². The van der Waals surface area contributed by atoms with Crippen molar-refractivity contribution in [1.82, 2.24) is 10.3 Å².